The topological polar surface area (TPSA) is 57.6 Å². The molecular weight excluding hydrogens is 302 g/mol. The maximum Gasteiger partial charge on any atom is 0.310 e. The van der Waals surface area contributed by atoms with Gasteiger partial charge in [-0.05, 0) is 49.7 Å². The zero-order chi connectivity index (χ0) is 17.2. The molecule has 1 aromatic rings. The minimum Gasteiger partial charge on any atom is -0.481 e. The smallest absolute Gasteiger partial charge is 0.310 e. The lowest BCUT2D eigenvalue weighted by atomic mass is 9.66. The van der Waals surface area contributed by atoms with Crippen molar-refractivity contribution < 1.29 is 14.7 Å². The molecule has 0 radical (unpaired) electrons. The summed E-state index contributed by atoms with van der Waals surface area (Å²) in [5, 5.41) is 9.51. The van der Waals surface area contributed by atoms with E-state index in [2.05, 4.69) is 31.2 Å². The van der Waals surface area contributed by atoms with E-state index in [1.165, 1.54) is 11.1 Å². The molecule has 24 heavy (non-hydrogen) atoms. The molecule has 1 atom stereocenters. The molecule has 0 aromatic heterocycles. The lowest BCUT2D eigenvalue weighted by Crippen LogP contribution is -2.48. The Balaban J connectivity index is 1.73. The van der Waals surface area contributed by atoms with E-state index in [4.69, 9.17) is 0 Å². The van der Waals surface area contributed by atoms with Crippen LogP contribution in [0.2, 0.25) is 0 Å². The number of rotatable bonds is 6. The Bertz CT molecular complexity index is 621. The van der Waals surface area contributed by atoms with E-state index >= 15 is 0 Å². The Hall–Kier alpha value is -1.84. The molecule has 3 rings (SSSR count). The Morgan fingerprint density at radius 1 is 1.25 bits per heavy atom. The lowest BCUT2D eigenvalue weighted by Gasteiger charge is -2.41. The number of hydrogen-bond donors (Lipinski definition) is 1. The van der Waals surface area contributed by atoms with Crippen LogP contribution < -0.4 is 0 Å². The van der Waals surface area contributed by atoms with Crippen LogP contribution in [0.5, 0.6) is 0 Å². The minimum absolute atomic E-state index is 0.0309. The number of aliphatic carboxylic acids is 1. The van der Waals surface area contributed by atoms with Crippen LogP contribution in [-0.2, 0) is 22.4 Å². The molecule has 4 heteroatoms. The molecule has 0 aliphatic heterocycles. The van der Waals surface area contributed by atoms with Crippen molar-refractivity contribution >= 4 is 11.9 Å². The number of aryl methyl sites for hydroxylation is 1. The zero-order valence-electron chi connectivity index (χ0n) is 14.5. The van der Waals surface area contributed by atoms with Gasteiger partial charge >= 0.3 is 5.97 Å². The summed E-state index contributed by atoms with van der Waals surface area (Å²) < 4.78 is 0. The SMILES string of the molecule is CCCN(C(=O)CC1(C(=O)O)CCC1)C1CCc2ccccc2C1. The molecule has 0 heterocycles. The van der Waals surface area contributed by atoms with E-state index in [0.29, 0.717) is 12.8 Å². The van der Waals surface area contributed by atoms with Crippen LogP contribution in [0.4, 0.5) is 0 Å². The molecule has 4 nitrogen and oxygen atoms in total. The van der Waals surface area contributed by atoms with Gasteiger partial charge < -0.3 is 10.0 Å². The molecule has 130 valence electrons. The third-order valence-electron chi connectivity index (χ3n) is 5.80. The van der Waals surface area contributed by atoms with Crippen molar-refractivity contribution in [2.45, 2.75) is 64.3 Å². The molecule has 1 N–H and O–H groups in total. The van der Waals surface area contributed by atoms with Gasteiger partial charge in [0.2, 0.25) is 5.91 Å². The van der Waals surface area contributed by atoms with E-state index < -0.39 is 11.4 Å². The Morgan fingerprint density at radius 2 is 1.96 bits per heavy atom. The van der Waals surface area contributed by atoms with Crippen LogP contribution >= 0.6 is 0 Å². The summed E-state index contributed by atoms with van der Waals surface area (Å²) in [5.41, 5.74) is 1.92. The van der Waals surface area contributed by atoms with E-state index in [1.54, 1.807) is 0 Å². The van der Waals surface area contributed by atoms with Gasteiger partial charge in [0.05, 0.1) is 5.41 Å². The highest BCUT2D eigenvalue weighted by atomic mass is 16.4. The summed E-state index contributed by atoms with van der Waals surface area (Å²) in [6.45, 7) is 2.80. The van der Waals surface area contributed by atoms with Crippen molar-refractivity contribution in [1.29, 1.82) is 0 Å². The molecule has 0 saturated heterocycles. The predicted molar refractivity (Wildman–Crippen MR) is 92.8 cm³/mol. The number of carbonyl (C=O) groups excluding carboxylic acids is 1. The van der Waals surface area contributed by atoms with Crippen molar-refractivity contribution in [2.24, 2.45) is 5.41 Å². The Morgan fingerprint density at radius 3 is 2.54 bits per heavy atom. The van der Waals surface area contributed by atoms with Crippen LogP contribution in [0.15, 0.2) is 24.3 Å². The number of nitrogens with zero attached hydrogens (tertiary/aromatic N) is 1. The first kappa shape index (κ1) is 17.0. The number of hydrogen-bond acceptors (Lipinski definition) is 2. The monoisotopic (exact) mass is 329 g/mol. The van der Waals surface area contributed by atoms with Gasteiger partial charge in [0, 0.05) is 19.0 Å². The van der Waals surface area contributed by atoms with Gasteiger partial charge in [0.25, 0.3) is 0 Å². The highest BCUT2D eigenvalue weighted by Crippen LogP contribution is 2.44. The third-order valence-corrected chi connectivity index (χ3v) is 5.80. The van der Waals surface area contributed by atoms with Gasteiger partial charge in [-0.2, -0.15) is 0 Å². The minimum atomic E-state index is -0.799. The number of carboxylic acid groups (broad SMARTS) is 1. The first-order chi connectivity index (χ1) is 11.6. The van der Waals surface area contributed by atoms with Gasteiger partial charge in [-0.25, -0.2) is 0 Å². The second-order valence-electron chi connectivity index (χ2n) is 7.37. The fourth-order valence-corrected chi connectivity index (χ4v) is 4.16. The number of carboxylic acids is 1. The van der Waals surface area contributed by atoms with Crippen LogP contribution in [-0.4, -0.2) is 34.5 Å². The first-order valence-electron chi connectivity index (χ1n) is 9.15. The summed E-state index contributed by atoms with van der Waals surface area (Å²) in [5.74, 6) is -0.768. The third kappa shape index (κ3) is 3.19. The average Bonchev–Trinajstić information content (AvgIpc) is 2.55. The molecule has 1 aromatic carbocycles. The van der Waals surface area contributed by atoms with Crippen LogP contribution in [0, 0.1) is 5.41 Å². The van der Waals surface area contributed by atoms with Crippen LogP contribution in [0.25, 0.3) is 0 Å². The molecule has 0 spiro atoms. The van der Waals surface area contributed by atoms with E-state index in [-0.39, 0.29) is 18.4 Å². The van der Waals surface area contributed by atoms with Gasteiger partial charge in [-0.3, -0.25) is 9.59 Å². The molecule has 1 amide bonds. The highest BCUT2D eigenvalue weighted by Gasteiger charge is 2.47. The number of benzene rings is 1. The number of fused-ring (bicyclic) bond motifs is 1. The normalized spacial score (nSPS) is 21.5. The quantitative estimate of drug-likeness (QED) is 0.870. The second kappa shape index (κ2) is 6.96. The van der Waals surface area contributed by atoms with E-state index in [0.717, 1.165) is 38.6 Å². The van der Waals surface area contributed by atoms with Crippen molar-refractivity contribution in [3.63, 3.8) is 0 Å². The molecule has 1 fully saturated rings. The fraction of sp³-hybridized carbons (Fsp3) is 0.600. The average molecular weight is 329 g/mol. The first-order valence-corrected chi connectivity index (χ1v) is 9.15. The number of carbonyl (C=O) groups is 2. The van der Waals surface area contributed by atoms with Crippen molar-refractivity contribution in [3.05, 3.63) is 35.4 Å². The molecule has 2 aliphatic rings. The Labute approximate surface area is 143 Å². The molecule has 2 aliphatic carbocycles. The highest BCUT2D eigenvalue weighted by molar-refractivity contribution is 5.86. The van der Waals surface area contributed by atoms with Gasteiger partial charge in [-0.15, -0.1) is 0 Å². The van der Waals surface area contributed by atoms with Crippen molar-refractivity contribution in [1.82, 2.24) is 4.90 Å². The second-order valence-corrected chi connectivity index (χ2v) is 7.37. The van der Waals surface area contributed by atoms with Crippen LogP contribution in [0.1, 0.15) is 56.6 Å². The van der Waals surface area contributed by atoms with Gasteiger partial charge in [0.1, 0.15) is 0 Å². The van der Waals surface area contributed by atoms with Gasteiger partial charge in [0.15, 0.2) is 0 Å². The van der Waals surface area contributed by atoms with E-state index in [9.17, 15) is 14.7 Å². The van der Waals surface area contributed by atoms with Crippen molar-refractivity contribution in [3.8, 4) is 0 Å². The number of amides is 1. The summed E-state index contributed by atoms with van der Waals surface area (Å²) in [7, 11) is 0. The maximum atomic E-state index is 12.9. The fourth-order valence-electron chi connectivity index (χ4n) is 4.16. The largest absolute Gasteiger partial charge is 0.481 e. The van der Waals surface area contributed by atoms with Gasteiger partial charge in [-0.1, -0.05) is 37.6 Å². The summed E-state index contributed by atoms with van der Waals surface area (Å²) in [6, 6.07) is 8.66. The molecule has 1 saturated carbocycles. The predicted octanol–water partition coefficient (Wildman–Crippen LogP) is 3.43. The standard InChI is InChI=1S/C20H27NO3/c1-2-12-21(18(22)14-20(19(23)24)10-5-11-20)17-9-8-15-6-3-4-7-16(15)13-17/h3-4,6-7,17H,2,5,8-14H2,1H3,(H,23,24). The lowest BCUT2D eigenvalue weighted by molar-refractivity contribution is -0.160. The summed E-state index contributed by atoms with van der Waals surface area (Å²) in [4.78, 5) is 26.5. The zero-order valence-corrected chi connectivity index (χ0v) is 14.5. The molecule has 1 unspecified atom stereocenters. The van der Waals surface area contributed by atoms with Crippen molar-refractivity contribution in [2.75, 3.05) is 6.54 Å². The molecule has 0 bridgehead atoms. The molecular formula is C20H27NO3. The Kier molecular flexibility index (Phi) is 4.93. The summed E-state index contributed by atoms with van der Waals surface area (Å²) >= 11 is 0. The summed E-state index contributed by atoms with van der Waals surface area (Å²) in [6.07, 6.45) is 6.14. The van der Waals surface area contributed by atoms with E-state index in [1.807, 2.05) is 4.90 Å². The van der Waals surface area contributed by atoms with Crippen LogP contribution in [0.3, 0.4) is 0 Å². The maximum absolute atomic E-state index is 12.9.